The minimum atomic E-state index is -4.37. The number of aromatic nitrogens is 1. The van der Waals surface area contributed by atoms with Gasteiger partial charge in [-0.1, -0.05) is 6.07 Å². The topological polar surface area (TPSA) is 48.1 Å². The Labute approximate surface area is 105 Å². The number of benzene rings is 1. The van der Waals surface area contributed by atoms with Crippen LogP contribution >= 0.6 is 11.3 Å². The SMILES string of the molecule is Nc1ncsc1COc1cccc(C(F)(F)F)c1. The Bertz CT molecular complexity index is 539. The molecule has 0 fully saturated rings. The highest BCUT2D eigenvalue weighted by Crippen LogP contribution is 2.31. The van der Waals surface area contributed by atoms with Crippen LogP contribution in [0.5, 0.6) is 5.75 Å². The number of thiazole rings is 1. The number of nitrogens with zero attached hydrogens (tertiary/aromatic N) is 1. The predicted octanol–water partition coefficient (Wildman–Crippen LogP) is 3.32. The smallest absolute Gasteiger partial charge is 0.416 e. The van der Waals surface area contributed by atoms with Crippen LogP contribution in [0.2, 0.25) is 0 Å². The molecule has 1 aromatic heterocycles. The van der Waals surface area contributed by atoms with Crippen molar-refractivity contribution in [2.75, 3.05) is 5.73 Å². The van der Waals surface area contributed by atoms with E-state index in [1.807, 2.05) is 0 Å². The molecule has 0 aliphatic rings. The Hall–Kier alpha value is -1.76. The molecule has 0 bridgehead atoms. The molecule has 0 atom stereocenters. The lowest BCUT2D eigenvalue weighted by Crippen LogP contribution is -2.05. The molecule has 1 heterocycles. The quantitative estimate of drug-likeness (QED) is 0.934. The van der Waals surface area contributed by atoms with Crippen molar-refractivity contribution in [3.05, 3.63) is 40.2 Å². The van der Waals surface area contributed by atoms with E-state index in [4.69, 9.17) is 10.5 Å². The van der Waals surface area contributed by atoms with E-state index >= 15 is 0 Å². The van der Waals surface area contributed by atoms with Gasteiger partial charge < -0.3 is 10.5 Å². The number of hydrogen-bond acceptors (Lipinski definition) is 4. The van der Waals surface area contributed by atoms with Crippen LogP contribution in [0.1, 0.15) is 10.4 Å². The average Bonchev–Trinajstić information content (AvgIpc) is 2.72. The standard InChI is InChI=1S/C11H9F3N2OS/c12-11(13,14)7-2-1-3-8(4-7)17-5-9-10(15)16-6-18-9/h1-4,6H,5,15H2. The van der Waals surface area contributed by atoms with Crippen molar-refractivity contribution in [3.63, 3.8) is 0 Å². The van der Waals surface area contributed by atoms with Crippen molar-refractivity contribution in [3.8, 4) is 5.75 Å². The second-order valence-electron chi connectivity index (χ2n) is 3.48. The number of nitrogen functional groups attached to an aromatic ring is 1. The first kappa shape index (κ1) is 12.7. The lowest BCUT2D eigenvalue weighted by atomic mass is 10.2. The minimum Gasteiger partial charge on any atom is -0.488 e. The van der Waals surface area contributed by atoms with E-state index in [-0.39, 0.29) is 12.4 Å². The zero-order valence-electron chi connectivity index (χ0n) is 9.07. The van der Waals surface area contributed by atoms with Gasteiger partial charge in [-0.3, -0.25) is 0 Å². The zero-order valence-corrected chi connectivity index (χ0v) is 9.89. The van der Waals surface area contributed by atoms with Crippen molar-refractivity contribution >= 4 is 17.2 Å². The molecule has 0 unspecified atom stereocenters. The van der Waals surface area contributed by atoms with Gasteiger partial charge in [0, 0.05) is 0 Å². The second-order valence-corrected chi connectivity index (χ2v) is 4.41. The van der Waals surface area contributed by atoms with Crippen molar-refractivity contribution in [1.82, 2.24) is 4.98 Å². The summed E-state index contributed by atoms with van der Waals surface area (Å²) < 4.78 is 42.6. The molecule has 0 saturated heterocycles. The molecule has 0 radical (unpaired) electrons. The summed E-state index contributed by atoms with van der Waals surface area (Å²) in [6.07, 6.45) is -4.37. The molecule has 7 heteroatoms. The predicted molar refractivity (Wildman–Crippen MR) is 62.3 cm³/mol. The normalized spacial score (nSPS) is 11.5. The lowest BCUT2D eigenvalue weighted by molar-refractivity contribution is -0.137. The Morgan fingerprint density at radius 1 is 1.33 bits per heavy atom. The highest BCUT2D eigenvalue weighted by molar-refractivity contribution is 7.10. The number of anilines is 1. The number of ether oxygens (including phenoxy) is 1. The van der Waals surface area contributed by atoms with Gasteiger partial charge in [-0.15, -0.1) is 11.3 Å². The van der Waals surface area contributed by atoms with Crippen LogP contribution in [0.25, 0.3) is 0 Å². The first-order valence-electron chi connectivity index (χ1n) is 4.94. The maximum absolute atomic E-state index is 12.5. The lowest BCUT2D eigenvalue weighted by Gasteiger charge is -2.09. The summed E-state index contributed by atoms with van der Waals surface area (Å²) in [7, 11) is 0. The summed E-state index contributed by atoms with van der Waals surface area (Å²) in [6, 6.07) is 4.71. The molecule has 2 rings (SSSR count). The Morgan fingerprint density at radius 2 is 2.11 bits per heavy atom. The largest absolute Gasteiger partial charge is 0.488 e. The van der Waals surface area contributed by atoms with E-state index in [1.54, 1.807) is 5.51 Å². The molecule has 0 amide bonds. The molecule has 2 aromatic rings. The van der Waals surface area contributed by atoms with Crippen molar-refractivity contribution in [2.24, 2.45) is 0 Å². The van der Waals surface area contributed by atoms with Crippen LogP contribution in [0.15, 0.2) is 29.8 Å². The summed E-state index contributed by atoms with van der Waals surface area (Å²) in [5.74, 6) is 0.490. The van der Waals surface area contributed by atoms with E-state index in [0.29, 0.717) is 10.7 Å². The number of rotatable bonds is 3. The van der Waals surface area contributed by atoms with E-state index in [0.717, 1.165) is 12.1 Å². The summed E-state index contributed by atoms with van der Waals surface area (Å²) in [5, 5.41) is 0. The molecule has 0 spiro atoms. The maximum atomic E-state index is 12.5. The second kappa shape index (κ2) is 4.85. The summed E-state index contributed by atoms with van der Waals surface area (Å²) >= 11 is 1.30. The highest BCUT2D eigenvalue weighted by Gasteiger charge is 2.30. The monoisotopic (exact) mass is 274 g/mol. The molecule has 18 heavy (non-hydrogen) atoms. The Kier molecular flexibility index (Phi) is 3.42. The highest BCUT2D eigenvalue weighted by atomic mass is 32.1. The van der Waals surface area contributed by atoms with Crippen molar-refractivity contribution in [1.29, 1.82) is 0 Å². The fraction of sp³-hybridized carbons (Fsp3) is 0.182. The van der Waals surface area contributed by atoms with E-state index in [9.17, 15) is 13.2 Å². The van der Waals surface area contributed by atoms with E-state index < -0.39 is 11.7 Å². The van der Waals surface area contributed by atoms with Gasteiger partial charge in [0.2, 0.25) is 0 Å². The van der Waals surface area contributed by atoms with Gasteiger partial charge >= 0.3 is 6.18 Å². The molecular weight excluding hydrogens is 265 g/mol. The van der Waals surface area contributed by atoms with Gasteiger partial charge in [-0.25, -0.2) is 4.98 Å². The maximum Gasteiger partial charge on any atom is 0.416 e. The van der Waals surface area contributed by atoms with E-state index in [1.165, 1.54) is 23.5 Å². The Morgan fingerprint density at radius 3 is 2.72 bits per heavy atom. The van der Waals surface area contributed by atoms with Gasteiger partial charge in [0.25, 0.3) is 0 Å². The van der Waals surface area contributed by atoms with Crippen LogP contribution in [0.4, 0.5) is 19.0 Å². The molecule has 0 aliphatic heterocycles. The molecule has 1 aromatic carbocycles. The average molecular weight is 274 g/mol. The van der Waals surface area contributed by atoms with Gasteiger partial charge in [-0.05, 0) is 18.2 Å². The number of alkyl halides is 3. The first-order chi connectivity index (χ1) is 8.47. The molecule has 0 aliphatic carbocycles. The number of halogens is 3. The third-order valence-corrected chi connectivity index (χ3v) is 3.03. The first-order valence-corrected chi connectivity index (χ1v) is 5.82. The molecule has 3 nitrogen and oxygen atoms in total. The van der Waals surface area contributed by atoms with Gasteiger partial charge in [0.05, 0.1) is 16.0 Å². The van der Waals surface area contributed by atoms with Crippen LogP contribution < -0.4 is 10.5 Å². The summed E-state index contributed by atoms with van der Waals surface area (Å²) in [5.41, 5.74) is 6.36. The fourth-order valence-electron chi connectivity index (χ4n) is 1.30. The van der Waals surface area contributed by atoms with Gasteiger partial charge in [0.1, 0.15) is 18.2 Å². The minimum absolute atomic E-state index is 0.109. The molecule has 2 N–H and O–H groups in total. The van der Waals surface area contributed by atoms with Gasteiger partial charge in [0.15, 0.2) is 0 Å². The van der Waals surface area contributed by atoms with Gasteiger partial charge in [-0.2, -0.15) is 13.2 Å². The summed E-state index contributed by atoms with van der Waals surface area (Å²) in [4.78, 5) is 4.51. The number of hydrogen-bond donors (Lipinski definition) is 1. The van der Waals surface area contributed by atoms with Crippen molar-refractivity contribution < 1.29 is 17.9 Å². The summed E-state index contributed by atoms with van der Waals surface area (Å²) in [6.45, 7) is 0.109. The third-order valence-electron chi connectivity index (χ3n) is 2.20. The van der Waals surface area contributed by atoms with Crippen LogP contribution in [0.3, 0.4) is 0 Å². The number of nitrogens with two attached hydrogens (primary N) is 1. The van der Waals surface area contributed by atoms with Crippen molar-refractivity contribution in [2.45, 2.75) is 12.8 Å². The fourth-order valence-corrected chi connectivity index (χ4v) is 1.89. The Balaban J connectivity index is 2.09. The zero-order chi connectivity index (χ0) is 13.2. The molecule has 0 saturated carbocycles. The van der Waals surface area contributed by atoms with E-state index in [2.05, 4.69) is 4.98 Å². The molecular formula is C11H9F3N2OS. The molecule has 96 valence electrons. The van der Waals surface area contributed by atoms with Crippen LogP contribution in [-0.4, -0.2) is 4.98 Å². The third kappa shape index (κ3) is 2.92. The van der Waals surface area contributed by atoms with Crippen LogP contribution in [0, 0.1) is 0 Å². The van der Waals surface area contributed by atoms with Crippen LogP contribution in [-0.2, 0) is 12.8 Å².